The first-order valence-corrected chi connectivity index (χ1v) is 7.20. The molecule has 1 fully saturated rings. The number of oxime groups is 1. The minimum Gasteiger partial charge on any atom is -0.476 e. The number of hydrogen-bond acceptors (Lipinski definition) is 6. The molecule has 0 spiro atoms. The van der Waals surface area contributed by atoms with Crippen LogP contribution in [0.1, 0.15) is 31.4 Å². The number of aromatic nitrogens is 1. The molecular formula is C11H14ClN3O3S. The average Bonchev–Trinajstić information content (AvgIpc) is 2.78. The van der Waals surface area contributed by atoms with Crippen molar-refractivity contribution in [3.8, 4) is 0 Å². The van der Waals surface area contributed by atoms with Crippen molar-refractivity contribution in [1.82, 2.24) is 4.98 Å². The average molecular weight is 304 g/mol. The standard InChI is InChI=1S/C11H14ClN3O3S/c12-6-1-3-7(4-2-6)18-15-9(10(16)17)8-5-19-11(13)14-8/h5-7H,1-4H2,(H2,13,14)(H,16,17). The van der Waals surface area contributed by atoms with E-state index in [1.807, 2.05) is 0 Å². The molecule has 1 heterocycles. The fourth-order valence-electron chi connectivity index (χ4n) is 1.85. The number of carbonyl (C=O) groups is 1. The molecule has 0 saturated heterocycles. The first kappa shape index (κ1) is 14.1. The maximum atomic E-state index is 11.1. The fourth-order valence-corrected chi connectivity index (χ4v) is 2.65. The predicted molar refractivity (Wildman–Crippen MR) is 73.7 cm³/mol. The van der Waals surface area contributed by atoms with Crippen molar-refractivity contribution in [3.05, 3.63) is 11.1 Å². The summed E-state index contributed by atoms with van der Waals surface area (Å²) in [5.74, 6) is -1.18. The normalized spacial score (nSPS) is 24.2. The van der Waals surface area contributed by atoms with Gasteiger partial charge in [0.2, 0.25) is 5.71 Å². The Bertz CT molecular complexity index is 483. The number of carboxylic acids is 1. The van der Waals surface area contributed by atoms with Gasteiger partial charge in [-0.2, -0.15) is 0 Å². The number of nitrogens with two attached hydrogens (primary N) is 1. The number of rotatable bonds is 4. The molecule has 8 heteroatoms. The molecule has 6 nitrogen and oxygen atoms in total. The van der Waals surface area contributed by atoms with Crippen LogP contribution in [-0.4, -0.2) is 33.3 Å². The molecule has 3 N–H and O–H groups in total. The number of aliphatic carboxylic acids is 1. The lowest BCUT2D eigenvalue weighted by Crippen LogP contribution is -2.22. The van der Waals surface area contributed by atoms with Crippen molar-refractivity contribution in [2.24, 2.45) is 5.16 Å². The molecule has 1 aromatic heterocycles. The van der Waals surface area contributed by atoms with Crippen LogP contribution in [-0.2, 0) is 9.63 Å². The van der Waals surface area contributed by atoms with Gasteiger partial charge in [-0.1, -0.05) is 5.16 Å². The Morgan fingerprint density at radius 3 is 2.74 bits per heavy atom. The zero-order valence-corrected chi connectivity index (χ0v) is 11.7. The van der Waals surface area contributed by atoms with Crippen LogP contribution in [0.4, 0.5) is 5.13 Å². The number of halogens is 1. The van der Waals surface area contributed by atoms with E-state index in [1.165, 1.54) is 0 Å². The molecule has 104 valence electrons. The largest absolute Gasteiger partial charge is 0.476 e. The molecule has 1 aliphatic rings. The third-order valence-corrected chi connectivity index (χ3v) is 3.97. The Morgan fingerprint density at radius 1 is 1.53 bits per heavy atom. The van der Waals surface area contributed by atoms with Gasteiger partial charge in [-0.15, -0.1) is 22.9 Å². The number of thiazole rings is 1. The van der Waals surface area contributed by atoms with E-state index < -0.39 is 5.97 Å². The third-order valence-electron chi connectivity index (χ3n) is 2.86. The second-order valence-electron chi connectivity index (χ2n) is 4.30. The van der Waals surface area contributed by atoms with Crippen LogP contribution in [0, 0.1) is 0 Å². The van der Waals surface area contributed by atoms with Crippen LogP contribution >= 0.6 is 22.9 Å². The van der Waals surface area contributed by atoms with Gasteiger partial charge in [-0.3, -0.25) is 0 Å². The number of carboxylic acid groups (broad SMARTS) is 1. The van der Waals surface area contributed by atoms with Gasteiger partial charge in [0.25, 0.3) is 0 Å². The summed E-state index contributed by atoms with van der Waals surface area (Å²) in [5.41, 5.74) is 5.48. The van der Waals surface area contributed by atoms with Crippen LogP contribution in [0.15, 0.2) is 10.5 Å². The maximum Gasteiger partial charge on any atom is 0.360 e. The van der Waals surface area contributed by atoms with Crippen LogP contribution in [0.25, 0.3) is 0 Å². The van der Waals surface area contributed by atoms with E-state index >= 15 is 0 Å². The van der Waals surface area contributed by atoms with Gasteiger partial charge < -0.3 is 15.7 Å². The molecule has 0 amide bonds. The van der Waals surface area contributed by atoms with Gasteiger partial charge in [-0.25, -0.2) is 9.78 Å². The molecule has 19 heavy (non-hydrogen) atoms. The van der Waals surface area contributed by atoms with Crippen molar-refractivity contribution >= 4 is 39.8 Å². The van der Waals surface area contributed by atoms with Gasteiger partial charge >= 0.3 is 5.97 Å². The number of alkyl halides is 1. The number of hydrogen-bond donors (Lipinski definition) is 2. The minimum absolute atomic E-state index is 0.0830. The quantitative estimate of drug-likeness (QED) is 0.504. The highest BCUT2D eigenvalue weighted by atomic mass is 35.5. The van der Waals surface area contributed by atoms with E-state index in [4.69, 9.17) is 27.3 Å². The Labute approximate surface area is 119 Å². The minimum atomic E-state index is -1.18. The molecule has 1 aliphatic carbocycles. The number of nitrogen functional groups attached to an aromatic ring is 1. The topological polar surface area (TPSA) is 97.8 Å². The number of anilines is 1. The summed E-state index contributed by atoms with van der Waals surface area (Å²) >= 11 is 7.15. The van der Waals surface area contributed by atoms with E-state index in [-0.39, 0.29) is 22.9 Å². The van der Waals surface area contributed by atoms with Crippen molar-refractivity contribution in [2.45, 2.75) is 37.2 Å². The highest BCUT2D eigenvalue weighted by Gasteiger charge is 2.22. The Balaban J connectivity index is 2.03. The van der Waals surface area contributed by atoms with E-state index in [2.05, 4.69) is 10.1 Å². The predicted octanol–water partition coefficient (Wildman–Crippen LogP) is 2.08. The molecule has 1 saturated carbocycles. The van der Waals surface area contributed by atoms with E-state index in [0.717, 1.165) is 37.0 Å². The van der Waals surface area contributed by atoms with Gasteiger partial charge in [0.05, 0.1) is 0 Å². The Hall–Kier alpha value is -1.34. The first-order chi connectivity index (χ1) is 9.06. The van der Waals surface area contributed by atoms with Gasteiger partial charge in [-0.05, 0) is 25.7 Å². The summed E-state index contributed by atoms with van der Waals surface area (Å²) in [6.45, 7) is 0. The molecule has 1 aromatic rings. The zero-order chi connectivity index (χ0) is 13.8. The van der Waals surface area contributed by atoms with Crippen molar-refractivity contribution in [3.63, 3.8) is 0 Å². The molecule has 2 rings (SSSR count). The summed E-state index contributed by atoms with van der Waals surface area (Å²) < 4.78 is 0. The van der Waals surface area contributed by atoms with Gasteiger partial charge in [0.1, 0.15) is 11.8 Å². The Kier molecular flexibility index (Phi) is 4.60. The number of nitrogens with zero attached hydrogens (tertiary/aromatic N) is 2. The van der Waals surface area contributed by atoms with Crippen molar-refractivity contribution in [2.75, 3.05) is 5.73 Å². The highest BCUT2D eigenvalue weighted by molar-refractivity contribution is 7.13. The summed E-state index contributed by atoms with van der Waals surface area (Å²) in [4.78, 5) is 20.3. The summed E-state index contributed by atoms with van der Waals surface area (Å²) in [6, 6.07) is 0. The summed E-state index contributed by atoms with van der Waals surface area (Å²) in [5, 5.41) is 14.8. The lowest BCUT2D eigenvalue weighted by Gasteiger charge is -2.22. The molecule has 0 atom stereocenters. The monoisotopic (exact) mass is 303 g/mol. The van der Waals surface area contributed by atoms with Gasteiger partial charge in [0.15, 0.2) is 5.13 Å². The van der Waals surface area contributed by atoms with E-state index in [9.17, 15) is 4.79 Å². The third kappa shape index (κ3) is 3.81. The second kappa shape index (κ2) is 6.21. The molecule has 0 unspecified atom stereocenters. The van der Waals surface area contributed by atoms with Gasteiger partial charge in [0, 0.05) is 10.8 Å². The van der Waals surface area contributed by atoms with E-state index in [1.54, 1.807) is 5.38 Å². The first-order valence-electron chi connectivity index (χ1n) is 5.89. The van der Waals surface area contributed by atoms with Crippen LogP contribution in [0.5, 0.6) is 0 Å². The maximum absolute atomic E-state index is 11.1. The fraction of sp³-hybridized carbons (Fsp3) is 0.545. The second-order valence-corrected chi connectivity index (χ2v) is 5.80. The van der Waals surface area contributed by atoms with Crippen LogP contribution < -0.4 is 5.73 Å². The van der Waals surface area contributed by atoms with Crippen molar-refractivity contribution in [1.29, 1.82) is 0 Å². The van der Waals surface area contributed by atoms with Crippen LogP contribution in [0.3, 0.4) is 0 Å². The van der Waals surface area contributed by atoms with Crippen LogP contribution in [0.2, 0.25) is 0 Å². The highest BCUT2D eigenvalue weighted by Crippen LogP contribution is 2.25. The summed E-state index contributed by atoms with van der Waals surface area (Å²) in [6.07, 6.45) is 3.19. The van der Waals surface area contributed by atoms with E-state index in [0.29, 0.717) is 5.13 Å². The lowest BCUT2D eigenvalue weighted by molar-refractivity contribution is -0.129. The Morgan fingerprint density at radius 2 is 2.21 bits per heavy atom. The van der Waals surface area contributed by atoms with Crippen molar-refractivity contribution < 1.29 is 14.7 Å². The molecule has 0 bridgehead atoms. The SMILES string of the molecule is Nc1nc(C(=NOC2CCC(Cl)CC2)C(=O)O)cs1. The molecular weight excluding hydrogens is 290 g/mol. The molecule has 0 radical (unpaired) electrons. The smallest absolute Gasteiger partial charge is 0.360 e. The molecule has 0 aliphatic heterocycles. The molecule has 0 aromatic carbocycles. The summed E-state index contributed by atoms with van der Waals surface area (Å²) in [7, 11) is 0. The zero-order valence-electron chi connectivity index (χ0n) is 10.1. The lowest BCUT2D eigenvalue weighted by atomic mass is 9.97.